The van der Waals surface area contributed by atoms with Crippen LogP contribution in [0.1, 0.15) is 29.6 Å². The van der Waals surface area contributed by atoms with Crippen molar-refractivity contribution in [2.24, 2.45) is 0 Å². The quantitative estimate of drug-likeness (QED) is 0.435. The number of carbonyl (C=O) groups is 1. The standard InChI is InChI=1S/C26H24N4O3/c27-24-23(26(31)30-33-22-8-4-5-15-32-22)20-16-28-14-13-21(20)29-25(24)19-11-9-18(10-12-19)17-6-2-1-3-7-17/h1-3,6-7,9-14,16,22H,4-5,8,15,27H2,(H,30,31). The average molecular weight is 441 g/mol. The lowest BCUT2D eigenvalue weighted by Gasteiger charge is -2.22. The fourth-order valence-electron chi connectivity index (χ4n) is 4.01. The summed E-state index contributed by atoms with van der Waals surface area (Å²) in [4.78, 5) is 27.5. The fourth-order valence-corrected chi connectivity index (χ4v) is 4.01. The maximum absolute atomic E-state index is 13.1. The van der Waals surface area contributed by atoms with Gasteiger partial charge in [0, 0.05) is 36.4 Å². The molecule has 1 fully saturated rings. The van der Waals surface area contributed by atoms with Gasteiger partial charge in [0.15, 0.2) is 6.29 Å². The number of carbonyl (C=O) groups excluding carboxylic acids is 1. The van der Waals surface area contributed by atoms with Crippen LogP contribution in [0.2, 0.25) is 0 Å². The highest BCUT2D eigenvalue weighted by atomic mass is 16.8. The van der Waals surface area contributed by atoms with Crippen LogP contribution in [0.15, 0.2) is 73.1 Å². The highest BCUT2D eigenvalue weighted by molar-refractivity contribution is 6.12. The van der Waals surface area contributed by atoms with E-state index in [1.807, 2.05) is 42.5 Å². The molecule has 2 aromatic carbocycles. The molecule has 4 aromatic rings. The molecular weight excluding hydrogens is 416 g/mol. The summed E-state index contributed by atoms with van der Waals surface area (Å²) in [5.41, 5.74) is 13.8. The van der Waals surface area contributed by atoms with Crippen LogP contribution in [0, 0.1) is 0 Å². The van der Waals surface area contributed by atoms with E-state index in [-0.39, 0.29) is 11.3 Å². The van der Waals surface area contributed by atoms with E-state index in [4.69, 9.17) is 20.3 Å². The fraction of sp³-hybridized carbons (Fsp3) is 0.192. The molecule has 1 atom stereocenters. The predicted molar refractivity (Wildman–Crippen MR) is 127 cm³/mol. The van der Waals surface area contributed by atoms with E-state index >= 15 is 0 Å². The van der Waals surface area contributed by atoms with Crippen LogP contribution in [-0.2, 0) is 9.57 Å². The van der Waals surface area contributed by atoms with Gasteiger partial charge in [0.05, 0.1) is 22.5 Å². The summed E-state index contributed by atoms with van der Waals surface area (Å²) in [6.45, 7) is 0.619. The minimum atomic E-state index is -0.458. The van der Waals surface area contributed by atoms with Crippen molar-refractivity contribution in [3.05, 3.63) is 78.6 Å². The minimum absolute atomic E-state index is 0.272. The van der Waals surface area contributed by atoms with Crippen LogP contribution < -0.4 is 11.2 Å². The van der Waals surface area contributed by atoms with E-state index in [2.05, 4.69) is 22.6 Å². The van der Waals surface area contributed by atoms with Gasteiger partial charge in [0.1, 0.15) is 0 Å². The second kappa shape index (κ2) is 9.36. The molecule has 1 aliphatic heterocycles. The number of nitrogen functional groups attached to an aromatic ring is 1. The Bertz CT molecular complexity index is 1270. The zero-order chi connectivity index (χ0) is 22.6. The summed E-state index contributed by atoms with van der Waals surface area (Å²) >= 11 is 0. The molecule has 1 aliphatic rings. The van der Waals surface area contributed by atoms with Crippen molar-refractivity contribution >= 4 is 22.5 Å². The van der Waals surface area contributed by atoms with Crippen LogP contribution in [0.5, 0.6) is 0 Å². The first-order chi connectivity index (χ1) is 16.2. The third-order valence-corrected chi connectivity index (χ3v) is 5.74. The highest BCUT2D eigenvalue weighted by Crippen LogP contribution is 2.33. The van der Waals surface area contributed by atoms with Crippen molar-refractivity contribution in [3.63, 3.8) is 0 Å². The Balaban J connectivity index is 1.49. The van der Waals surface area contributed by atoms with Gasteiger partial charge >= 0.3 is 0 Å². The Morgan fingerprint density at radius 2 is 1.76 bits per heavy atom. The average Bonchev–Trinajstić information content (AvgIpc) is 2.88. The van der Waals surface area contributed by atoms with Crippen molar-refractivity contribution in [2.75, 3.05) is 12.3 Å². The number of fused-ring (bicyclic) bond motifs is 1. The van der Waals surface area contributed by atoms with Gasteiger partial charge in [-0.1, -0.05) is 54.6 Å². The maximum atomic E-state index is 13.1. The van der Waals surface area contributed by atoms with Crippen LogP contribution in [0.4, 0.5) is 5.69 Å². The second-order valence-corrected chi connectivity index (χ2v) is 7.93. The number of benzene rings is 2. The molecule has 3 heterocycles. The molecule has 1 saturated heterocycles. The first kappa shape index (κ1) is 21.1. The largest absolute Gasteiger partial charge is 0.396 e. The summed E-state index contributed by atoms with van der Waals surface area (Å²) in [6, 6.07) is 19.8. The lowest BCUT2D eigenvalue weighted by Crippen LogP contribution is -2.33. The molecule has 3 N–H and O–H groups in total. The van der Waals surface area contributed by atoms with Crippen molar-refractivity contribution in [3.8, 4) is 22.4 Å². The number of nitrogens with zero attached hydrogens (tertiary/aromatic N) is 2. The van der Waals surface area contributed by atoms with Crippen LogP contribution in [0.25, 0.3) is 33.3 Å². The molecule has 1 unspecified atom stereocenters. The minimum Gasteiger partial charge on any atom is -0.396 e. The number of rotatable bonds is 5. The lowest BCUT2D eigenvalue weighted by molar-refractivity contribution is -0.186. The van der Waals surface area contributed by atoms with Gasteiger partial charge < -0.3 is 10.5 Å². The van der Waals surface area contributed by atoms with Crippen LogP contribution in [0.3, 0.4) is 0 Å². The number of hydrogen-bond donors (Lipinski definition) is 2. The molecule has 0 bridgehead atoms. The van der Waals surface area contributed by atoms with E-state index in [0.717, 1.165) is 36.0 Å². The Hall–Kier alpha value is -3.81. The number of aromatic nitrogens is 2. The molecule has 7 heteroatoms. The first-order valence-electron chi connectivity index (χ1n) is 11.0. The van der Waals surface area contributed by atoms with E-state index in [9.17, 15) is 4.79 Å². The van der Waals surface area contributed by atoms with Gasteiger partial charge in [-0.15, -0.1) is 0 Å². The Morgan fingerprint density at radius 3 is 2.52 bits per heavy atom. The maximum Gasteiger partial charge on any atom is 0.277 e. The zero-order valence-electron chi connectivity index (χ0n) is 18.0. The molecule has 7 nitrogen and oxygen atoms in total. The van der Waals surface area contributed by atoms with Gasteiger partial charge in [0.2, 0.25) is 0 Å². The normalized spacial score (nSPS) is 15.9. The number of nitrogens with two attached hydrogens (primary N) is 1. The topological polar surface area (TPSA) is 99.4 Å². The Morgan fingerprint density at radius 1 is 1.00 bits per heavy atom. The predicted octanol–water partition coefficient (Wildman–Crippen LogP) is 4.73. The van der Waals surface area contributed by atoms with Crippen LogP contribution >= 0.6 is 0 Å². The molecule has 0 radical (unpaired) electrons. The summed E-state index contributed by atoms with van der Waals surface area (Å²) in [6.07, 6.45) is 5.49. The number of ether oxygens (including phenoxy) is 1. The van der Waals surface area contributed by atoms with Gasteiger partial charge in [0.25, 0.3) is 5.91 Å². The number of amides is 1. The number of anilines is 1. The highest BCUT2D eigenvalue weighted by Gasteiger charge is 2.22. The monoisotopic (exact) mass is 440 g/mol. The molecule has 1 amide bonds. The van der Waals surface area contributed by atoms with Gasteiger partial charge in [-0.2, -0.15) is 0 Å². The van der Waals surface area contributed by atoms with Gasteiger partial charge in [-0.3, -0.25) is 9.78 Å². The number of pyridine rings is 2. The summed E-state index contributed by atoms with van der Waals surface area (Å²) in [5, 5.41) is 0.560. The molecule has 2 aromatic heterocycles. The molecule has 5 rings (SSSR count). The first-order valence-corrected chi connectivity index (χ1v) is 11.0. The zero-order valence-corrected chi connectivity index (χ0v) is 18.0. The molecule has 0 spiro atoms. The summed E-state index contributed by atoms with van der Waals surface area (Å²) in [5.74, 6) is -0.454. The molecule has 0 saturated carbocycles. The van der Waals surface area contributed by atoms with Crippen LogP contribution in [-0.4, -0.2) is 28.8 Å². The Kier molecular flexibility index (Phi) is 5.97. The number of hydroxylamine groups is 1. The van der Waals surface area contributed by atoms with E-state index in [1.54, 1.807) is 18.5 Å². The van der Waals surface area contributed by atoms with E-state index in [0.29, 0.717) is 23.2 Å². The molecule has 33 heavy (non-hydrogen) atoms. The van der Waals surface area contributed by atoms with E-state index < -0.39 is 12.2 Å². The molecular formula is C26H24N4O3. The third kappa shape index (κ3) is 4.41. The second-order valence-electron chi connectivity index (χ2n) is 7.93. The summed E-state index contributed by atoms with van der Waals surface area (Å²) < 4.78 is 5.53. The Labute approximate surface area is 191 Å². The number of hydrogen-bond acceptors (Lipinski definition) is 6. The number of nitrogens with one attached hydrogen (secondary N) is 1. The van der Waals surface area contributed by atoms with E-state index in [1.165, 1.54) is 0 Å². The lowest BCUT2D eigenvalue weighted by atomic mass is 9.99. The SMILES string of the molecule is Nc1c(-c2ccc(-c3ccccc3)cc2)nc2ccncc2c1C(=O)NOC1CCCCO1. The van der Waals surface area contributed by atoms with Crippen molar-refractivity contribution in [2.45, 2.75) is 25.6 Å². The van der Waals surface area contributed by atoms with Crippen molar-refractivity contribution in [1.29, 1.82) is 0 Å². The molecule has 166 valence electrons. The van der Waals surface area contributed by atoms with Crippen molar-refractivity contribution < 1.29 is 14.4 Å². The summed E-state index contributed by atoms with van der Waals surface area (Å²) in [7, 11) is 0. The third-order valence-electron chi connectivity index (χ3n) is 5.74. The van der Waals surface area contributed by atoms with Crippen molar-refractivity contribution in [1.82, 2.24) is 15.4 Å². The van der Waals surface area contributed by atoms with Gasteiger partial charge in [-0.25, -0.2) is 15.3 Å². The molecule has 0 aliphatic carbocycles. The smallest absolute Gasteiger partial charge is 0.277 e. The van der Waals surface area contributed by atoms with Gasteiger partial charge in [-0.05, 0) is 30.0 Å².